The zero-order valence-electron chi connectivity index (χ0n) is 13.8. The van der Waals surface area contributed by atoms with Gasteiger partial charge in [-0.15, -0.1) is 0 Å². The van der Waals surface area contributed by atoms with Crippen LogP contribution in [0.2, 0.25) is 0 Å². The van der Waals surface area contributed by atoms with Crippen LogP contribution in [0.3, 0.4) is 0 Å². The second-order valence-corrected chi connectivity index (χ2v) is 7.00. The van der Waals surface area contributed by atoms with E-state index in [0.717, 1.165) is 29.5 Å². The van der Waals surface area contributed by atoms with Crippen LogP contribution < -0.4 is 15.5 Å². The lowest BCUT2D eigenvalue weighted by molar-refractivity contribution is 0.251. The third-order valence-electron chi connectivity index (χ3n) is 4.33. The quantitative estimate of drug-likeness (QED) is 0.807. The fraction of sp³-hybridized carbons (Fsp3) is 0.316. The average molecular weight is 388 g/mol. The highest BCUT2D eigenvalue weighted by Crippen LogP contribution is 2.26. The SMILES string of the molecule is Cc1cccc(N2CCC[C@@H]2CNC(=O)Nc2ccccc2Br)c1. The van der Waals surface area contributed by atoms with Gasteiger partial charge in [-0.25, -0.2) is 4.79 Å². The highest BCUT2D eigenvalue weighted by Gasteiger charge is 2.25. The van der Waals surface area contributed by atoms with E-state index < -0.39 is 0 Å². The first-order valence-electron chi connectivity index (χ1n) is 8.26. The molecule has 3 rings (SSSR count). The van der Waals surface area contributed by atoms with Crippen LogP contribution in [0.25, 0.3) is 0 Å². The van der Waals surface area contributed by atoms with Gasteiger partial charge >= 0.3 is 6.03 Å². The first kappa shape index (κ1) is 16.8. The third-order valence-corrected chi connectivity index (χ3v) is 5.02. The van der Waals surface area contributed by atoms with E-state index in [9.17, 15) is 4.79 Å². The molecular weight excluding hydrogens is 366 g/mol. The number of hydrogen-bond donors (Lipinski definition) is 2. The number of para-hydroxylation sites is 1. The summed E-state index contributed by atoms with van der Waals surface area (Å²) in [5, 5.41) is 5.88. The zero-order valence-corrected chi connectivity index (χ0v) is 15.3. The van der Waals surface area contributed by atoms with Crippen molar-refractivity contribution in [3.05, 3.63) is 58.6 Å². The zero-order chi connectivity index (χ0) is 16.9. The number of carbonyl (C=O) groups is 1. The van der Waals surface area contributed by atoms with E-state index in [1.165, 1.54) is 11.3 Å². The van der Waals surface area contributed by atoms with Crippen molar-refractivity contribution in [2.24, 2.45) is 0 Å². The van der Waals surface area contributed by atoms with Gasteiger partial charge in [0.1, 0.15) is 0 Å². The molecule has 4 nitrogen and oxygen atoms in total. The van der Waals surface area contributed by atoms with Crippen LogP contribution in [0.1, 0.15) is 18.4 Å². The van der Waals surface area contributed by atoms with Gasteiger partial charge in [-0.2, -0.15) is 0 Å². The van der Waals surface area contributed by atoms with Gasteiger partial charge < -0.3 is 15.5 Å². The minimum absolute atomic E-state index is 0.169. The molecule has 0 aromatic heterocycles. The molecule has 2 N–H and O–H groups in total. The molecule has 2 amide bonds. The minimum Gasteiger partial charge on any atom is -0.367 e. The molecule has 0 radical (unpaired) electrons. The van der Waals surface area contributed by atoms with Gasteiger partial charge in [0.05, 0.1) is 5.69 Å². The Bertz CT molecular complexity index is 719. The Kier molecular flexibility index (Phi) is 5.41. The lowest BCUT2D eigenvalue weighted by atomic mass is 10.1. The molecule has 1 heterocycles. The average Bonchev–Trinajstić information content (AvgIpc) is 3.04. The molecule has 0 unspecified atom stereocenters. The standard InChI is InChI=1S/C19H22BrN3O/c1-14-6-4-7-15(12-14)23-11-5-8-16(23)13-21-19(24)22-18-10-3-2-9-17(18)20/h2-4,6-7,9-10,12,16H,5,8,11,13H2,1H3,(H2,21,22,24)/t16-/m1/s1. The molecule has 24 heavy (non-hydrogen) atoms. The Morgan fingerprint density at radius 3 is 2.88 bits per heavy atom. The van der Waals surface area contributed by atoms with Gasteiger partial charge in [-0.1, -0.05) is 24.3 Å². The maximum Gasteiger partial charge on any atom is 0.319 e. The smallest absolute Gasteiger partial charge is 0.319 e. The van der Waals surface area contributed by atoms with Gasteiger partial charge in [-0.3, -0.25) is 0 Å². The summed E-state index contributed by atoms with van der Waals surface area (Å²) in [6.07, 6.45) is 2.26. The topological polar surface area (TPSA) is 44.4 Å². The summed E-state index contributed by atoms with van der Waals surface area (Å²) in [6.45, 7) is 3.80. The Balaban J connectivity index is 1.57. The number of nitrogens with zero attached hydrogens (tertiary/aromatic N) is 1. The number of hydrogen-bond acceptors (Lipinski definition) is 2. The van der Waals surface area contributed by atoms with Crippen LogP contribution in [-0.4, -0.2) is 25.2 Å². The number of aryl methyl sites for hydroxylation is 1. The molecule has 1 saturated heterocycles. The number of anilines is 2. The van der Waals surface area contributed by atoms with E-state index in [1.54, 1.807) is 0 Å². The summed E-state index contributed by atoms with van der Waals surface area (Å²) in [5.74, 6) is 0. The van der Waals surface area contributed by atoms with Gasteiger partial charge in [0.15, 0.2) is 0 Å². The molecule has 1 atom stereocenters. The number of urea groups is 1. The molecular formula is C19H22BrN3O. The van der Waals surface area contributed by atoms with E-state index in [2.05, 4.69) is 62.7 Å². The van der Waals surface area contributed by atoms with E-state index in [0.29, 0.717) is 12.6 Å². The molecule has 0 bridgehead atoms. The summed E-state index contributed by atoms with van der Waals surface area (Å²) in [4.78, 5) is 14.6. The van der Waals surface area contributed by atoms with Crippen LogP contribution in [0, 0.1) is 6.92 Å². The number of benzene rings is 2. The Morgan fingerprint density at radius 2 is 2.08 bits per heavy atom. The molecule has 126 valence electrons. The number of nitrogens with one attached hydrogen (secondary N) is 2. The summed E-state index contributed by atoms with van der Waals surface area (Å²) >= 11 is 3.44. The van der Waals surface area contributed by atoms with Crippen molar-refractivity contribution in [1.29, 1.82) is 0 Å². The van der Waals surface area contributed by atoms with E-state index in [1.807, 2.05) is 24.3 Å². The van der Waals surface area contributed by atoms with Crippen molar-refractivity contribution >= 4 is 33.3 Å². The van der Waals surface area contributed by atoms with Crippen LogP contribution in [-0.2, 0) is 0 Å². The van der Waals surface area contributed by atoms with Gasteiger partial charge in [0.25, 0.3) is 0 Å². The van der Waals surface area contributed by atoms with Gasteiger partial charge in [-0.05, 0) is 65.5 Å². The monoisotopic (exact) mass is 387 g/mol. The van der Waals surface area contributed by atoms with Gasteiger partial charge in [0.2, 0.25) is 0 Å². The molecule has 1 aliphatic heterocycles. The largest absolute Gasteiger partial charge is 0.367 e. The van der Waals surface area contributed by atoms with Crippen molar-refractivity contribution in [3.63, 3.8) is 0 Å². The van der Waals surface area contributed by atoms with Crippen molar-refractivity contribution in [2.75, 3.05) is 23.3 Å². The van der Waals surface area contributed by atoms with Crippen LogP contribution in [0.5, 0.6) is 0 Å². The van der Waals surface area contributed by atoms with Crippen LogP contribution >= 0.6 is 15.9 Å². The predicted octanol–water partition coefficient (Wildman–Crippen LogP) is 4.55. The number of halogens is 1. The Hall–Kier alpha value is -2.01. The maximum absolute atomic E-state index is 12.2. The second-order valence-electron chi connectivity index (χ2n) is 6.14. The summed E-state index contributed by atoms with van der Waals surface area (Å²) in [5.41, 5.74) is 3.28. The number of amides is 2. The van der Waals surface area contributed by atoms with Crippen LogP contribution in [0.4, 0.5) is 16.2 Å². The van der Waals surface area contributed by atoms with Crippen molar-refractivity contribution < 1.29 is 4.79 Å². The van der Waals surface area contributed by atoms with Crippen LogP contribution in [0.15, 0.2) is 53.0 Å². The van der Waals surface area contributed by atoms with E-state index in [-0.39, 0.29) is 6.03 Å². The summed E-state index contributed by atoms with van der Waals surface area (Å²) < 4.78 is 0.877. The second kappa shape index (κ2) is 7.71. The molecule has 0 saturated carbocycles. The van der Waals surface area contributed by atoms with Crippen molar-refractivity contribution in [2.45, 2.75) is 25.8 Å². The molecule has 0 aliphatic carbocycles. The first-order valence-corrected chi connectivity index (χ1v) is 9.05. The molecule has 0 spiro atoms. The molecule has 2 aromatic carbocycles. The van der Waals surface area contributed by atoms with Crippen molar-refractivity contribution in [3.8, 4) is 0 Å². The van der Waals surface area contributed by atoms with Gasteiger partial charge in [0, 0.05) is 29.3 Å². The van der Waals surface area contributed by atoms with E-state index in [4.69, 9.17) is 0 Å². The highest BCUT2D eigenvalue weighted by molar-refractivity contribution is 9.10. The maximum atomic E-state index is 12.2. The predicted molar refractivity (Wildman–Crippen MR) is 103 cm³/mol. The van der Waals surface area contributed by atoms with Crippen molar-refractivity contribution in [1.82, 2.24) is 5.32 Å². The summed E-state index contributed by atoms with van der Waals surface area (Å²) in [7, 11) is 0. The summed E-state index contributed by atoms with van der Waals surface area (Å²) in [6, 6.07) is 16.3. The molecule has 1 aliphatic rings. The minimum atomic E-state index is -0.169. The lowest BCUT2D eigenvalue weighted by Gasteiger charge is -2.27. The van der Waals surface area contributed by atoms with E-state index >= 15 is 0 Å². The normalized spacial score (nSPS) is 16.9. The fourth-order valence-electron chi connectivity index (χ4n) is 3.13. The Morgan fingerprint density at radius 1 is 1.25 bits per heavy atom. The highest BCUT2D eigenvalue weighted by atomic mass is 79.9. The first-order chi connectivity index (χ1) is 11.6. The molecule has 5 heteroatoms. The lowest BCUT2D eigenvalue weighted by Crippen LogP contribution is -2.41. The Labute approximate surface area is 151 Å². The number of carbonyl (C=O) groups excluding carboxylic acids is 1. The number of rotatable bonds is 4. The molecule has 2 aromatic rings. The molecule has 1 fully saturated rings. The third kappa shape index (κ3) is 4.09. The fourth-order valence-corrected chi connectivity index (χ4v) is 3.52.